The van der Waals surface area contributed by atoms with Gasteiger partial charge in [0.05, 0.1) is 0 Å². The van der Waals surface area contributed by atoms with Crippen molar-refractivity contribution in [2.45, 2.75) is 45.1 Å². The Labute approximate surface area is 98.3 Å². The van der Waals surface area contributed by atoms with Gasteiger partial charge < -0.3 is 5.32 Å². The van der Waals surface area contributed by atoms with E-state index in [-0.39, 0.29) is 0 Å². The molecule has 1 aliphatic carbocycles. The number of rotatable bonds is 0. The van der Waals surface area contributed by atoms with Crippen molar-refractivity contribution in [3.8, 4) is 0 Å². The summed E-state index contributed by atoms with van der Waals surface area (Å²) < 4.78 is 0. The zero-order chi connectivity index (χ0) is 11.0. The average Bonchev–Trinajstić information content (AvgIpc) is 2.52. The number of hydrogen-bond donors (Lipinski definition) is 1. The van der Waals surface area contributed by atoms with Crippen LogP contribution in [-0.4, -0.2) is 12.6 Å². The van der Waals surface area contributed by atoms with Crippen LogP contribution in [0.1, 0.15) is 37.3 Å². The maximum absolute atomic E-state index is 3.62. The van der Waals surface area contributed by atoms with E-state index in [0.717, 1.165) is 0 Å². The first-order valence-electron chi connectivity index (χ1n) is 6.58. The second-order valence-electron chi connectivity index (χ2n) is 5.79. The van der Waals surface area contributed by atoms with Gasteiger partial charge in [-0.05, 0) is 62.1 Å². The summed E-state index contributed by atoms with van der Waals surface area (Å²) in [5.41, 5.74) is 3.79. The minimum Gasteiger partial charge on any atom is -0.314 e. The monoisotopic (exact) mass is 215 g/mol. The normalized spacial score (nSPS) is 27.7. The van der Waals surface area contributed by atoms with Crippen LogP contribution in [0.4, 0.5) is 0 Å². The Bertz CT molecular complexity index is 358. The lowest BCUT2D eigenvalue weighted by atomic mass is 9.76. The van der Waals surface area contributed by atoms with Gasteiger partial charge in [-0.25, -0.2) is 0 Å². The molecule has 1 nitrogen and oxygen atoms in total. The highest BCUT2D eigenvalue weighted by Crippen LogP contribution is 2.44. The number of benzene rings is 1. The van der Waals surface area contributed by atoms with Crippen LogP contribution in [0.25, 0.3) is 0 Å². The fourth-order valence-electron chi connectivity index (χ4n) is 3.73. The van der Waals surface area contributed by atoms with Crippen molar-refractivity contribution in [1.29, 1.82) is 0 Å². The summed E-state index contributed by atoms with van der Waals surface area (Å²) >= 11 is 0. The van der Waals surface area contributed by atoms with Crippen LogP contribution < -0.4 is 5.32 Å². The molecule has 1 aromatic rings. The predicted molar refractivity (Wildman–Crippen MR) is 67.6 cm³/mol. The third-order valence-electron chi connectivity index (χ3n) is 4.37. The van der Waals surface area contributed by atoms with Gasteiger partial charge >= 0.3 is 0 Å². The lowest BCUT2D eigenvalue weighted by Gasteiger charge is -2.29. The largest absolute Gasteiger partial charge is 0.314 e. The summed E-state index contributed by atoms with van der Waals surface area (Å²) in [5, 5.41) is 3.62. The zero-order valence-corrected chi connectivity index (χ0v) is 10.1. The molecule has 0 aromatic heterocycles. The van der Waals surface area contributed by atoms with Crippen molar-refractivity contribution < 1.29 is 0 Å². The fourth-order valence-corrected chi connectivity index (χ4v) is 3.73. The highest BCUT2D eigenvalue weighted by Gasteiger charge is 2.38. The third-order valence-corrected chi connectivity index (χ3v) is 4.37. The summed E-state index contributed by atoms with van der Waals surface area (Å²) in [5.74, 6) is 0. The van der Waals surface area contributed by atoms with Crippen molar-refractivity contribution in [1.82, 2.24) is 5.32 Å². The molecule has 3 rings (SSSR count). The van der Waals surface area contributed by atoms with E-state index in [9.17, 15) is 0 Å². The van der Waals surface area contributed by atoms with Gasteiger partial charge in [0.15, 0.2) is 0 Å². The molecular formula is C15H21N. The number of hydrogen-bond acceptors (Lipinski definition) is 1. The lowest BCUT2D eigenvalue weighted by molar-refractivity contribution is 0.248. The maximum Gasteiger partial charge on any atom is 0.00442 e. The smallest absolute Gasteiger partial charge is 0.00442 e. The quantitative estimate of drug-likeness (QED) is 0.701. The van der Waals surface area contributed by atoms with Gasteiger partial charge in [0.1, 0.15) is 0 Å². The fraction of sp³-hybridized carbons (Fsp3) is 0.600. The topological polar surface area (TPSA) is 12.0 Å². The van der Waals surface area contributed by atoms with Gasteiger partial charge in [0.25, 0.3) is 0 Å². The van der Waals surface area contributed by atoms with Crippen molar-refractivity contribution in [2.24, 2.45) is 5.41 Å². The molecule has 0 saturated carbocycles. The average molecular weight is 215 g/mol. The summed E-state index contributed by atoms with van der Waals surface area (Å²) in [6, 6.07) is 9.73. The third kappa shape index (κ3) is 1.78. The molecule has 1 heterocycles. The Morgan fingerprint density at radius 2 is 1.88 bits per heavy atom. The molecule has 2 aliphatic rings. The predicted octanol–water partition coefficient (Wildman–Crippen LogP) is 2.93. The molecule has 1 N–H and O–H groups in total. The van der Waals surface area contributed by atoms with Gasteiger partial charge in [-0.3, -0.25) is 0 Å². The minimum atomic E-state index is 0.576. The molecule has 1 saturated heterocycles. The number of fused-ring (bicyclic) bond motifs is 1. The number of nitrogens with one attached hydrogen (secondary N) is 1. The second-order valence-corrected chi connectivity index (χ2v) is 5.79. The van der Waals surface area contributed by atoms with E-state index in [4.69, 9.17) is 0 Å². The molecule has 0 amide bonds. The molecule has 0 radical (unpaired) electrons. The van der Waals surface area contributed by atoms with Gasteiger partial charge in [-0.15, -0.1) is 0 Å². The van der Waals surface area contributed by atoms with Crippen molar-refractivity contribution in [3.63, 3.8) is 0 Å². The Morgan fingerprint density at radius 1 is 1.19 bits per heavy atom. The summed E-state index contributed by atoms with van der Waals surface area (Å²) in [7, 11) is 0. The van der Waals surface area contributed by atoms with Crippen LogP contribution >= 0.6 is 0 Å². The summed E-state index contributed by atoms with van der Waals surface area (Å²) in [4.78, 5) is 0. The molecule has 1 unspecified atom stereocenters. The molecular weight excluding hydrogens is 194 g/mol. The van der Waals surface area contributed by atoms with Crippen LogP contribution in [-0.2, 0) is 12.8 Å². The Balaban J connectivity index is 1.86. The second kappa shape index (κ2) is 3.89. The van der Waals surface area contributed by atoms with Gasteiger partial charge in [0, 0.05) is 6.04 Å². The summed E-state index contributed by atoms with van der Waals surface area (Å²) in [6.45, 7) is 3.55. The van der Waals surface area contributed by atoms with Gasteiger partial charge in [0.2, 0.25) is 0 Å². The van der Waals surface area contributed by atoms with E-state index >= 15 is 0 Å². The van der Waals surface area contributed by atoms with Gasteiger partial charge in [-0.2, -0.15) is 0 Å². The highest BCUT2D eigenvalue weighted by atomic mass is 14.9. The van der Waals surface area contributed by atoms with E-state index in [2.05, 4.69) is 36.5 Å². The maximum atomic E-state index is 3.62. The molecule has 86 valence electrons. The van der Waals surface area contributed by atoms with Crippen molar-refractivity contribution >= 4 is 0 Å². The highest BCUT2D eigenvalue weighted by molar-refractivity contribution is 5.34. The lowest BCUT2D eigenvalue weighted by Crippen LogP contribution is -2.30. The molecule has 16 heavy (non-hydrogen) atoms. The zero-order valence-electron chi connectivity index (χ0n) is 10.1. The Morgan fingerprint density at radius 3 is 2.56 bits per heavy atom. The molecule has 1 fully saturated rings. The van der Waals surface area contributed by atoms with E-state index < -0.39 is 0 Å². The van der Waals surface area contributed by atoms with Crippen molar-refractivity contribution in [2.75, 3.05) is 6.54 Å². The van der Waals surface area contributed by atoms with Crippen LogP contribution in [0.5, 0.6) is 0 Å². The van der Waals surface area contributed by atoms with Crippen molar-refractivity contribution in [3.05, 3.63) is 35.4 Å². The molecule has 1 heteroatoms. The van der Waals surface area contributed by atoms with E-state index in [1.54, 1.807) is 11.1 Å². The molecule has 1 atom stereocenters. The van der Waals surface area contributed by atoms with Crippen LogP contribution in [0.2, 0.25) is 0 Å². The van der Waals surface area contributed by atoms with E-state index in [1.165, 1.54) is 38.6 Å². The van der Waals surface area contributed by atoms with Crippen LogP contribution in [0.15, 0.2) is 24.3 Å². The first-order chi connectivity index (χ1) is 7.77. The van der Waals surface area contributed by atoms with E-state index in [0.29, 0.717) is 11.5 Å². The minimum absolute atomic E-state index is 0.576. The SMILES string of the molecule is CC1CC2(CCCN1)Cc1ccccc1C2. The molecule has 1 aliphatic heterocycles. The Kier molecular flexibility index (Phi) is 2.51. The first-order valence-corrected chi connectivity index (χ1v) is 6.58. The van der Waals surface area contributed by atoms with Crippen LogP contribution in [0, 0.1) is 5.41 Å². The van der Waals surface area contributed by atoms with E-state index in [1.807, 2.05) is 0 Å². The first kappa shape index (κ1) is 10.3. The molecule has 1 aromatic carbocycles. The standard InChI is InChI=1S/C15H21N/c1-12-9-15(7-4-8-16-12)10-13-5-2-3-6-14(13)11-15/h2-3,5-6,12,16H,4,7-11H2,1H3. The van der Waals surface area contributed by atoms with Gasteiger partial charge in [-0.1, -0.05) is 24.3 Å². The molecule has 1 spiro atoms. The molecule has 0 bridgehead atoms. The summed E-state index contributed by atoms with van der Waals surface area (Å²) in [6.07, 6.45) is 6.73. The Hall–Kier alpha value is -0.820. The van der Waals surface area contributed by atoms with Crippen LogP contribution in [0.3, 0.4) is 0 Å².